The van der Waals surface area contributed by atoms with Crippen molar-refractivity contribution in [2.24, 2.45) is 0 Å². The van der Waals surface area contributed by atoms with Gasteiger partial charge >= 0.3 is 0 Å². The molecule has 0 amide bonds. The standard InChI is InChI=1S/C17H19NS2/c1-6-7-12-9-14-16(20-12)15-13(8-11(4)19-15)17(14,5)18-10(2)3/h6-9,18H,2H2,1,3-5H3/b7-6+. The van der Waals surface area contributed by atoms with E-state index in [-0.39, 0.29) is 5.54 Å². The summed E-state index contributed by atoms with van der Waals surface area (Å²) in [6.45, 7) is 12.6. The molecule has 2 aromatic heterocycles. The fraction of sp³-hybridized carbons (Fsp3) is 0.294. The second-order valence-electron chi connectivity index (χ2n) is 5.52. The maximum atomic E-state index is 4.04. The molecule has 1 aliphatic rings. The lowest BCUT2D eigenvalue weighted by atomic mass is 9.91. The summed E-state index contributed by atoms with van der Waals surface area (Å²) in [5.74, 6) is 0. The molecule has 3 heteroatoms. The van der Waals surface area contributed by atoms with E-state index in [1.165, 1.54) is 30.6 Å². The molecule has 1 N–H and O–H groups in total. The van der Waals surface area contributed by atoms with Crippen LogP contribution in [-0.2, 0) is 5.54 Å². The second-order valence-corrected chi connectivity index (χ2v) is 7.86. The van der Waals surface area contributed by atoms with Gasteiger partial charge in [0.2, 0.25) is 0 Å². The van der Waals surface area contributed by atoms with E-state index < -0.39 is 0 Å². The summed E-state index contributed by atoms with van der Waals surface area (Å²) in [4.78, 5) is 5.54. The minimum absolute atomic E-state index is 0.141. The normalized spacial score (nSPS) is 20.2. The SMILES string of the molecule is C=C(C)NC1(C)c2cc(C)sc2-c2sc(/C=C/C)cc21. The van der Waals surface area contributed by atoms with Crippen LogP contribution in [0.1, 0.15) is 41.7 Å². The molecule has 1 unspecified atom stereocenters. The van der Waals surface area contributed by atoms with Crippen LogP contribution >= 0.6 is 22.7 Å². The Morgan fingerprint density at radius 1 is 1.25 bits per heavy atom. The van der Waals surface area contributed by atoms with Gasteiger partial charge in [-0.15, -0.1) is 22.7 Å². The van der Waals surface area contributed by atoms with Crippen LogP contribution in [0.4, 0.5) is 0 Å². The highest BCUT2D eigenvalue weighted by molar-refractivity contribution is 7.23. The van der Waals surface area contributed by atoms with E-state index >= 15 is 0 Å². The summed E-state index contributed by atoms with van der Waals surface area (Å²) in [6, 6.07) is 4.63. The molecule has 1 nitrogen and oxygen atoms in total. The van der Waals surface area contributed by atoms with Crippen LogP contribution in [0.25, 0.3) is 15.8 Å². The van der Waals surface area contributed by atoms with Crippen molar-refractivity contribution in [3.63, 3.8) is 0 Å². The zero-order valence-corrected chi connectivity index (χ0v) is 14.0. The highest BCUT2D eigenvalue weighted by Crippen LogP contribution is 2.54. The Labute approximate surface area is 128 Å². The fourth-order valence-corrected chi connectivity index (χ4v) is 5.47. The number of aryl methyl sites for hydroxylation is 1. The van der Waals surface area contributed by atoms with Gasteiger partial charge in [0.05, 0.1) is 15.3 Å². The number of rotatable bonds is 3. The third kappa shape index (κ3) is 1.88. The van der Waals surface area contributed by atoms with Crippen LogP contribution in [0.3, 0.4) is 0 Å². The van der Waals surface area contributed by atoms with Crippen LogP contribution in [0.15, 0.2) is 30.5 Å². The van der Waals surface area contributed by atoms with Gasteiger partial charge in [-0.1, -0.05) is 12.7 Å². The van der Waals surface area contributed by atoms with Crippen molar-refractivity contribution in [3.05, 3.63) is 51.4 Å². The summed E-state index contributed by atoms with van der Waals surface area (Å²) in [7, 11) is 0. The summed E-state index contributed by atoms with van der Waals surface area (Å²) in [6.07, 6.45) is 4.29. The van der Waals surface area contributed by atoms with E-state index in [9.17, 15) is 0 Å². The minimum atomic E-state index is -0.141. The van der Waals surface area contributed by atoms with Gasteiger partial charge in [0.1, 0.15) is 0 Å². The van der Waals surface area contributed by atoms with Crippen molar-refractivity contribution >= 4 is 28.7 Å². The summed E-state index contributed by atoms with van der Waals surface area (Å²) >= 11 is 3.78. The molecule has 0 aliphatic heterocycles. The van der Waals surface area contributed by atoms with Crippen molar-refractivity contribution < 1.29 is 0 Å². The first-order chi connectivity index (χ1) is 9.45. The Kier molecular flexibility index (Phi) is 3.14. The smallest absolute Gasteiger partial charge is 0.0877 e. The molecule has 0 saturated heterocycles. The van der Waals surface area contributed by atoms with Crippen molar-refractivity contribution in [2.45, 2.75) is 33.2 Å². The maximum Gasteiger partial charge on any atom is 0.0877 e. The molecule has 0 saturated carbocycles. The Morgan fingerprint density at radius 2 is 1.90 bits per heavy atom. The molecule has 0 fully saturated rings. The molecule has 2 aromatic rings. The van der Waals surface area contributed by atoms with E-state index in [1.54, 1.807) is 0 Å². The lowest BCUT2D eigenvalue weighted by molar-refractivity contribution is 0.504. The fourth-order valence-electron chi connectivity index (χ4n) is 2.96. The Morgan fingerprint density at radius 3 is 2.55 bits per heavy atom. The van der Waals surface area contributed by atoms with Gasteiger partial charge in [-0.25, -0.2) is 0 Å². The molecule has 3 rings (SSSR count). The number of hydrogen-bond donors (Lipinski definition) is 1. The largest absolute Gasteiger partial charge is 0.376 e. The predicted molar refractivity (Wildman–Crippen MR) is 91.5 cm³/mol. The molecule has 0 spiro atoms. The lowest BCUT2D eigenvalue weighted by Crippen LogP contribution is -2.37. The van der Waals surface area contributed by atoms with Crippen molar-refractivity contribution in [1.82, 2.24) is 5.32 Å². The molecule has 0 aromatic carbocycles. The number of thiophene rings is 2. The number of fused-ring (bicyclic) bond motifs is 3. The average Bonchev–Trinajstić information content (AvgIpc) is 2.96. The maximum absolute atomic E-state index is 4.04. The van der Waals surface area contributed by atoms with Gasteiger partial charge in [0.25, 0.3) is 0 Å². The van der Waals surface area contributed by atoms with Gasteiger partial charge in [-0.2, -0.15) is 0 Å². The minimum Gasteiger partial charge on any atom is -0.376 e. The lowest BCUT2D eigenvalue weighted by Gasteiger charge is -2.28. The predicted octanol–water partition coefficient (Wildman–Crippen LogP) is 5.52. The third-order valence-corrected chi connectivity index (χ3v) is 6.00. The Hall–Kier alpha value is -1.32. The number of allylic oxidation sites excluding steroid dienone is 2. The molecule has 20 heavy (non-hydrogen) atoms. The van der Waals surface area contributed by atoms with E-state index in [0.29, 0.717) is 0 Å². The van der Waals surface area contributed by atoms with E-state index in [1.807, 2.05) is 29.6 Å². The monoisotopic (exact) mass is 301 g/mol. The first-order valence-electron chi connectivity index (χ1n) is 6.77. The zero-order valence-electron chi connectivity index (χ0n) is 12.3. The second kappa shape index (κ2) is 4.61. The Bertz CT molecular complexity index is 717. The molecular formula is C17H19NS2. The van der Waals surface area contributed by atoms with Crippen LogP contribution in [0.2, 0.25) is 0 Å². The van der Waals surface area contributed by atoms with Gasteiger partial charge < -0.3 is 5.32 Å². The molecule has 0 bridgehead atoms. The Balaban J connectivity index is 2.23. The summed E-state index contributed by atoms with van der Waals surface area (Å²) in [5, 5.41) is 3.59. The third-order valence-electron chi connectivity index (χ3n) is 3.68. The molecule has 0 radical (unpaired) electrons. The van der Waals surface area contributed by atoms with Gasteiger partial charge in [-0.3, -0.25) is 0 Å². The summed E-state index contributed by atoms with van der Waals surface area (Å²) < 4.78 is 0. The first-order valence-corrected chi connectivity index (χ1v) is 8.41. The average molecular weight is 301 g/mol. The molecule has 1 aliphatic carbocycles. The van der Waals surface area contributed by atoms with Crippen molar-refractivity contribution in [1.29, 1.82) is 0 Å². The zero-order chi connectivity index (χ0) is 14.5. The van der Waals surface area contributed by atoms with E-state index in [4.69, 9.17) is 0 Å². The van der Waals surface area contributed by atoms with Gasteiger partial charge in [0.15, 0.2) is 0 Å². The quantitative estimate of drug-likeness (QED) is 0.787. The van der Waals surface area contributed by atoms with E-state index in [2.05, 4.69) is 57.0 Å². The molecule has 104 valence electrons. The molecule has 1 atom stereocenters. The van der Waals surface area contributed by atoms with Crippen molar-refractivity contribution in [2.75, 3.05) is 0 Å². The van der Waals surface area contributed by atoms with Crippen LogP contribution in [-0.4, -0.2) is 0 Å². The van der Waals surface area contributed by atoms with Crippen molar-refractivity contribution in [3.8, 4) is 9.75 Å². The van der Waals surface area contributed by atoms with E-state index in [0.717, 1.165) is 5.70 Å². The van der Waals surface area contributed by atoms with Crippen LogP contribution < -0.4 is 5.32 Å². The summed E-state index contributed by atoms with van der Waals surface area (Å²) in [5.41, 5.74) is 3.66. The number of hydrogen-bond acceptors (Lipinski definition) is 3. The van der Waals surface area contributed by atoms with Gasteiger partial charge in [0, 0.05) is 26.6 Å². The van der Waals surface area contributed by atoms with Crippen LogP contribution in [0, 0.1) is 6.92 Å². The highest BCUT2D eigenvalue weighted by atomic mass is 32.1. The van der Waals surface area contributed by atoms with Crippen LogP contribution in [0.5, 0.6) is 0 Å². The number of nitrogens with one attached hydrogen (secondary N) is 1. The molecule has 2 heterocycles. The first kappa shape index (κ1) is 13.7. The molecular weight excluding hydrogens is 282 g/mol. The van der Waals surface area contributed by atoms with Gasteiger partial charge in [-0.05, 0) is 45.9 Å². The highest BCUT2D eigenvalue weighted by Gasteiger charge is 2.42. The topological polar surface area (TPSA) is 12.0 Å².